The van der Waals surface area contributed by atoms with E-state index >= 15 is 0 Å². The van der Waals surface area contributed by atoms with Crippen LogP contribution in [0.25, 0.3) is 6.08 Å². The number of thiophene rings is 1. The van der Waals surface area contributed by atoms with E-state index in [1.165, 1.54) is 18.2 Å². The average Bonchev–Trinajstić information content (AvgIpc) is 3.27. The molecule has 5 nitrogen and oxygen atoms in total. The molecule has 0 saturated heterocycles. The molecule has 0 bridgehead atoms. The zero-order valence-electron chi connectivity index (χ0n) is 16.6. The van der Waals surface area contributed by atoms with E-state index in [1.807, 2.05) is 17.5 Å². The summed E-state index contributed by atoms with van der Waals surface area (Å²) in [5, 5.41) is 2.29. The smallest absolute Gasteiger partial charge is 0.261 e. The van der Waals surface area contributed by atoms with E-state index in [-0.39, 0.29) is 10.8 Å². The van der Waals surface area contributed by atoms with Crippen molar-refractivity contribution in [3.63, 3.8) is 0 Å². The van der Waals surface area contributed by atoms with Crippen molar-refractivity contribution in [2.75, 3.05) is 11.3 Å². The summed E-state index contributed by atoms with van der Waals surface area (Å²) in [6.45, 7) is 4.66. The van der Waals surface area contributed by atoms with E-state index in [2.05, 4.69) is 11.3 Å². The third kappa shape index (κ3) is 6.30. The maximum Gasteiger partial charge on any atom is 0.261 e. The second kappa shape index (κ2) is 10.4. The number of halogens is 1. The summed E-state index contributed by atoms with van der Waals surface area (Å²) < 4.78 is 27.6. The molecule has 0 fully saturated rings. The van der Waals surface area contributed by atoms with Gasteiger partial charge in [0, 0.05) is 17.5 Å². The molecule has 1 amide bonds. The van der Waals surface area contributed by atoms with Crippen LogP contribution in [0.1, 0.15) is 10.4 Å². The van der Waals surface area contributed by atoms with E-state index in [0.29, 0.717) is 29.4 Å². The molecule has 0 aliphatic heterocycles. The normalized spacial score (nSPS) is 11.4. The van der Waals surface area contributed by atoms with Crippen molar-refractivity contribution >= 4 is 50.6 Å². The molecule has 3 aromatic rings. The number of nitrogens with zero attached hydrogens (tertiary/aromatic N) is 1. The molecule has 1 heterocycles. The van der Waals surface area contributed by atoms with Gasteiger partial charge in [0.25, 0.3) is 10.0 Å². The monoisotopic (exact) mass is 472 g/mol. The Hall–Kier alpha value is -2.87. The summed E-state index contributed by atoms with van der Waals surface area (Å²) in [7, 11) is -3.78. The molecule has 8 heteroatoms. The molecule has 31 heavy (non-hydrogen) atoms. The number of benzene rings is 2. The lowest BCUT2D eigenvalue weighted by atomic mass is 10.2. The molecule has 160 valence electrons. The lowest BCUT2D eigenvalue weighted by Gasteiger charge is -2.18. The minimum absolute atomic E-state index is 0.0990. The zero-order chi connectivity index (χ0) is 22.3. The summed E-state index contributed by atoms with van der Waals surface area (Å²) >= 11 is 7.62. The number of hydrogen-bond donors (Lipinski definition) is 1. The van der Waals surface area contributed by atoms with E-state index in [9.17, 15) is 13.2 Å². The zero-order valence-corrected chi connectivity index (χ0v) is 19.0. The second-order valence-corrected chi connectivity index (χ2v) is 9.70. The van der Waals surface area contributed by atoms with Crippen molar-refractivity contribution in [3.8, 4) is 0 Å². The highest BCUT2D eigenvalue weighted by molar-refractivity contribution is 7.92. The fraction of sp³-hybridized carbons (Fsp3) is 0.0870. The van der Waals surface area contributed by atoms with Crippen LogP contribution in [0.4, 0.5) is 5.69 Å². The van der Waals surface area contributed by atoms with E-state index in [0.717, 1.165) is 4.88 Å². The largest absolute Gasteiger partial charge is 0.330 e. The summed E-state index contributed by atoms with van der Waals surface area (Å²) in [4.78, 5) is 15.4. The van der Waals surface area contributed by atoms with Crippen molar-refractivity contribution in [2.45, 2.75) is 11.4 Å². The summed E-state index contributed by atoms with van der Waals surface area (Å²) in [5.41, 5.74) is 1.02. The van der Waals surface area contributed by atoms with Crippen LogP contribution in [-0.4, -0.2) is 25.8 Å². The number of rotatable bonds is 9. The first-order chi connectivity index (χ1) is 14.9. The summed E-state index contributed by atoms with van der Waals surface area (Å²) in [6.07, 6.45) is 4.82. The Balaban J connectivity index is 1.69. The Morgan fingerprint density at radius 2 is 1.84 bits per heavy atom. The highest BCUT2D eigenvalue weighted by Crippen LogP contribution is 2.24. The van der Waals surface area contributed by atoms with Crippen molar-refractivity contribution in [1.82, 2.24) is 4.90 Å². The van der Waals surface area contributed by atoms with Gasteiger partial charge in [-0.05, 0) is 47.4 Å². The minimum Gasteiger partial charge on any atom is -0.330 e. The third-order valence-corrected chi connectivity index (χ3v) is 6.89. The van der Waals surface area contributed by atoms with Gasteiger partial charge >= 0.3 is 0 Å². The lowest BCUT2D eigenvalue weighted by molar-refractivity contribution is -0.126. The maximum atomic E-state index is 12.6. The van der Waals surface area contributed by atoms with E-state index < -0.39 is 10.0 Å². The Bertz CT molecular complexity index is 1170. The topological polar surface area (TPSA) is 66.5 Å². The third-order valence-electron chi connectivity index (χ3n) is 4.31. The van der Waals surface area contributed by atoms with Gasteiger partial charge in [-0.2, -0.15) is 0 Å². The van der Waals surface area contributed by atoms with Crippen molar-refractivity contribution in [1.29, 1.82) is 0 Å². The molecule has 0 radical (unpaired) electrons. The van der Waals surface area contributed by atoms with Crippen LogP contribution in [0.5, 0.6) is 0 Å². The highest BCUT2D eigenvalue weighted by atomic mass is 35.5. The van der Waals surface area contributed by atoms with Crippen molar-refractivity contribution in [2.24, 2.45) is 0 Å². The highest BCUT2D eigenvalue weighted by Gasteiger charge is 2.15. The molecule has 2 aromatic carbocycles. The van der Waals surface area contributed by atoms with Gasteiger partial charge in [-0.1, -0.05) is 48.0 Å². The van der Waals surface area contributed by atoms with Gasteiger partial charge in [0.1, 0.15) is 0 Å². The van der Waals surface area contributed by atoms with Gasteiger partial charge in [-0.3, -0.25) is 9.52 Å². The number of para-hydroxylation sites is 1. The predicted molar refractivity (Wildman–Crippen MR) is 128 cm³/mol. The molecule has 0 saturated carbocycles. The SMILES string of the molecule is C=CCN(Cc1cccs1)C(=O)/C=C/c1ccc(S(=O)(=O)Nc2ccccc2Cl)cc1. The van der Waals surface area contributed by atoms with Crippen LogP contribution in [-0.2, 0) is 21.4 Å². The Morgan fingerprint density at radius 1 is 1.10 bits per heavy atom. The fourth-order valence-corrected chi connectivity index (χ4v) is 4.80. The van der Waals surface area contributed by atoms with Gasteiger partial charge in [0.05, 0.1) is 22.2 Å². The molecule has 0 aliphatic carbocycles. The first-order valence-electron chi connectivity index (χ1n) is 9.37. The second-order valence-electron chi connectivity index (χ2n) is 6.57. The van der Waals surface area contributed by atoms with Gasteiger partial charge < -0.3 is 4.90 Å². The maximum absolute atomic E-state index is 12.6. The first kappa shape index (κ1) is 22.8. The number of carbonyl (C=O) groups is 1. The fourth-order valence-electron chi connectivity index (χ4n) is 2.76. The van der Waals surface area contributed by atoms with Crippen molar-refractivity contribution in [3.05, 3.63) is 100 Å². The standard InChI is InChI=1S/C23H21ClN2O3S2/c1-2-15-26(17-19-6-5-16-30-19)23(27)14-11-18-9-12-20(13-10-18)31(28,29)25-22-8-4-3-7-21(22)24/h2-14,16,25H,1,15,17H2/b14-11+. The average molecular weight is 473 g/mol. The minimum atomic E-state index is -3.78. The molecule has 0 aliphatic rings. The Labute approximate surface area is 191 Å². The van der Waals surface area contributed by atoms with Gasteiger partial charge in [-0.15, -0.1) is 17.9 Å². The molecule has 0 atom stereocenters. The predicted octanol–water partition coefficient (Wildman–Crippen LogP) is 5.43. The molecular formula is C23H21ClN2O3S2. The molecule has 3 rings (SSSR count). The van der Waals surface area contributed by atoms with Crippen LogP contribution in [0.15, 0.2) is 89.7 Å². The number of sulfonamides is 1. The molecular weight excluding hydrogens is 452 g/mol. The molecule has 1 aromatic heterocycles. The molecule has 0 spiro atoms. The van der Waals surface area contributed by atoms with Crippen LogP contribution < -0.4 is 4.72 Å². The lowest BCUT2D eigenvalue weighted by Crippen LogP contribution is -2.28. The number of carbonyl (C=O) groups excluding carboxylic acids is 1. The number of amides is 1. The molecule has 1 N–H and O–H groups in total. The Kier molecular flexibility index (Phi) is 7.68. The Morgan fingerprint density at radius 3 is 2.48 bits per heavy atom. The van der Waals surface area contributed by atoms with Gasteiger partial charge in [0.2, 0.25) is 5.91 Å². The van der Waals surface area contributed by atoms with E-state index in [1.54, 1.807) is 64.8 Å². The number of hydrogen-bond acceptors (Lipinski definition) is 4. The summed E-state index contributed by atoms with van der Waals surface area (Å²) in [6, 6.07) is 16.8. The van der Waals surface area contributed by atoms with Crippen LogP contribution in [0, 0.1) is 0 Å². The quantitative estimate of drug-likeness (QED) is 0.333. The van der Waals surface area contributed by atoms with E-state index in [4.69, 9.17) is 11.6 Å². The van der Waals surface area contributed by atoms with Crippen molar-refractivity contribution < 1.29 is 13.2 Å². The van der Waals surface area contributed by atoms with Gasteiger partial charge in [-0.25, -0.2) is 8.42 Å². The number of anilines is 1. The molecule has 0 unspecified atom stereocenters. The first-order valence-corrected chi connectivity index (χ1v) is 12.1. The van der Waals surface area contributed by atoms with Crippen LogP contribution in [0.2, 0.25) is 5.02 Å². The van der Waals surface area contributed by atoms with Crippen LogP contribution >= 0.6 is 22.9 Å². The van der Waals surface area contributed by atoms with Gasteiger partial charge in [0.15, 0.2) is 0 Å². The van der Waals surface area contributed by atoms with Crippen LogP contribution in [0.3, 0.4) is 0 Å². The number of nitrogens with one attached hydrogen (secondary N) is 1. The summed E-state index contributed by atoms with van der Waals surface area (Å²) in [5.74, 6) is -0.148.